The van der Waals surface area contributed by atoms with Gasteiger partial charge in [-0.1, -0.05) is 49.3 Å². The predicted molar refractivity (Wildman–Crippen MR) is 122 cm³/mol. The van der Waals surface area contributed by atoms with Crippen LogP contribution in [0.15, 0.2) is 40.9 Å². The number of benzene rings is 1. The minimum absolute atomic E-state index is 0.0727. The van der Waals surface area contributed by atoms with Crippen LogP contribution in [-0.4, -0.2) is 52.7 Å². The Bertz CT molecular complexity index is 911. The smallest absolute Gasteiger partial charge is 0.292 e. The fraction of sp³-hybridized carbons (Fsp3) is 0.560. The third-order valence-corrected chi connectivity index (χ3v) is 6.55. The highest BCUT2D eigenvalue weighted by atomic mass is 16.5. The number of hydrogen-bond donors (Lipinski definition) is 2. The molecule has 2 amide bonds. The summed E-state index contributed by atoms with van der Waals surface area (Å²) in [5, 5.41) is 18.0. The molecular weight excluding hydrogens is 406 g/mol. The van der Waals surface area contributed by atoms with Crippen LogP contribution in [-0.2, 0) is 16.6 Å². The summed E-state index contributed by atoms with van der Waals surface area (Å²) in [6.45, 7) is 6.20. The van der Waals surface area contributed by atoms with Crippen molar-refractivity contribution in [3.63, 3.8) is 0 Å². The van der Waals surface area contributed by atoms with Crippen LogP contribution in [0.3, 0.4) is 0 Å². The van der Waals surface area contributed by atoms with Gasteiger partial charge in [-0.2, -0.15) is 0 Å². The first kappa shape index (κ1) is 24.0. The van der Waals surface area contributed by atoms with Crippen molar-refractivity contribution in [2.45, 2.75) is 70.4 Å². The van der Waals surface area contributed by atoms with E-state index in [0.717, 1.165) is 30.5 Å². The summed E-state index contributed by atoms with van der Waals surface area (Å²) < 4.78 is 5.31. The van der Waals surface area contributed by atoms with Crippen LogP contribution >= 0.6 is 0 Å². The number of hydrogen-bond acceptors (Lipinski definition) is 5. The molecule has 1 fully saturated rings. The molecule has 2 aromatic rings. The Hall–Kier alpha value is -2.67. The molecule has 0 unspecified atom stereocenters. The highest BCUT2D eigenvalue weighted by Crippen LogP contribution is 2.39. The van der Waals surface area contributed by atoms with E-state index in [-0.39, 0.29) is 29.0 Å². The van der Waals surface area contributed by atoms with Gasteiger partial charge in [0.2, 0.25) is 11.7 Å². The monoisotopic (exact) mass is 441 g/mol. The molecule has 0 radical (unpaired) electrons. The van der Waals surface area contributed by atoms with Gasteiger partial charge in [0.05, 0.1) is 17.8 Å². The number of nitrogens with zero attached hydrogens (tertiary/aromatic N) is 2. The van der Waals surface area contributed by atoms with Crippen molar-refractivity contribution in [2.75, 3.05) is 13.6 Å². The zero-order valence-electron chi connectivity index (χ0n) is 19.5. The first-order valence-corrected chi connectivity index (χ1v) is 11.4. The average molecular weight is 442 g/mol. The van der Waals surface area contributed by atoms with Gasteiger partial charge in [0, 0.05) is 32.0 Å². The normalized spacial score (nSPS) is 23.6. The van der Waals surface area contributed by atoms with Crippen LogP contribution in [0.25, 0.3) is 0 Å². The van der Waals surface area contributed by atoms with Crippen LogP contribution in [0.4, 0.5) is 0 Å². The lowest BCUT2D eigenvalue weighted by molar-refractivity contribution is -0.119. The Morgan fingerprint density at radius 2 is 1.94 bits per heavy atom. The van der Waals surface area contributed by atoms with Gasteiger partial charge in [-0.3, -0.25) is 9.59 Å². The van der Waals surface area contributed by atoms with Crippen LogP contribution in [0, 0.1) is 5.92 Å². The summed E-state index contributed by atoms with van der Waals surface area (Å²) in [4.78, 5) is 26.3. The minimum Gasteiger partial charge on any atom is -0.391 e. The SMILES string of the molecule is CC(=O)NC[C@]1(c2ccccc2)CC[C@H](O)[C@@H](N(C)C(=O)c2cc(CC(C)C)no2)CC1. The van der Waals surface area contributed by atoms with Crippen molar-refractivity contribution in [3.8, 4) is 0 Å². The average Bonchev–Trinajstić information content (AvgIpc) is 3.15. The van der Waals surface area contributed by atoms with Crippen molar-refractivity contribution in [2.24, 2.45) is 5.92 Å². The van der Waals surface area contributed by atoms with E-state index in [1.165, 1.54) is 6.92 Å². The van der Waals surface area contributed by atoms with Gasteiger partial charge in [-0.05, 0) is 43.6 Å². The summed E-state index contributed by atoms with van der Waals surface area (Å²) in [5.74, 6) is 0.272. The number of nitrogens with one attached hydrogen (secondary N) is 1. The third-order valence-electron chi connectivity index (χ3n) is 6.55. The highest BCUT2D eigenvalue weighted by molar-refractivity contribution is 5.91. The second-order valence-corrected chi connectivity index (χ2v) is 9.46. The molecule has 0 spiro atoms. The van der Waals surface area contributed by atoms with Crippen molar-refractivity contribution in [1.29, 1.82) is 0 Å². The van der Waals surface area contributed by atoms with Crippen LogP contribution in [0.2, 0.25) is 0 Å². The molecule has 7 heteroatoms. The van der Waals surface area contributed by atoms with Gasteiger partial charge in [0.1, 0.15) is 0 Å². The number of rotatable bonds is 7. The number of carbonyl (C=O) groups is 2. The molecule has 3 atom stereocenters. The number of aliphatic hydroxyl groups is 1. The van der Waals surface area contributed by atoms with E-state index < -0.39 is 6.10 Å². The Labute approximate surface area is 190 Å². The molecule has 174 valence electrons. The van der Waals surface area contributed by atoms with Gasteiger partial charge in [-0.15, -0.1) is 0 Å². The van der Waals surface area contributed by atoms with Gasteiger partial charge in [0.15, 0.2) is 0 Å². The second-order valence-electron chi connectivity index (χ2n) is 9.46. The lowest BCUT2D eigenvalue weighted by atomic mass is 9.74. The number of amides is 2. The fourth-order valence-electron chi connectivity index (χ4n) is 4.71. The molecule has 0 bridgehead atoms. The van der Waals surface area contributed by atoms with Crippen LogP contribution in [0.5, 0.6) is 0 Å². The van der Waals surface area contributed by atoms with E-state index in [1.54, 1.807) is 18.0 Å². The zero-order valence-corrected chi connectivity index (χ0v) is 19.5. The van der Waals surface area contributed by atoms with Gasteiger partial charge >= 0.3 is 0 Å². The van der Waals surface area contributed by atoms with E-state index in [0.29, 0.717) is 25.3 Å². The summed E-state index contributed by atoms with van der Waals surface area (Å²) in [6.07, 6.45) is 2.69. The molecule has 32 heavy (non-hydrogen) atoms. The van der Waals surface area contributed by atoms with Gasteiger partial charge in [0.25, 0.3) is 5.91 Å². The largest absolute Gasteiger partial charge is 0.391 e. The topological polar surface area (TPSA) is 95.7 Å². The highest BCUT2D eigenvalue weighted by Gasteiger charge is 2.40. The summed E-state index contributed by atoms with van der Waals surface area (Å²) in [7, 11) is 1.71. The molecule has 7 nitrogen and oxygen atoms in total. The van der Waals surface area contributed by atoms with Crippen molar-refractivity contribution in [1.82, 2.24) is 15.4 Å². The Kier molecular flexibility index (Phi) is 7.72. The number of carbonyl (C=O) groups excluding carboxylic acids is 2. The minimum atomic E-state index is -0.662. The molecule has 3 rings (SSSR count). The van der Waals surface area contributed by atoms with Gasteiger partial charge < -0.3 is 19.8 Å². The summed E-state index contributed by atoms with van der Waals surface area (Å²) in [6, 6.07) is 11.5. The Morgan fingerprint density at radius 3 is 2.59 bits per heavy atom. The van der Waals surface area contributed by atoms with Crippen LogP contribution < -0.4 is 5.32 Å². The zero-order chi connectivity index (χ0) is 23.3. The Balaban J connectivity index is 1.78. The molecule has 1 aromatic heterocycles. The van der Waals surface area contributed by atoms with E-state index in [1.807, 2.05) is 18.2 Å². The maximum absolute atomic E-state index is 13.1. The van der Waals surface area contributed by atoms with E-state index >= 15 is 0 Å². The van der Waals surface area contributed by atoms with Crippen molar-refractivity contribution in [3.05, 3.63) is 53.4 Å². The molecule has 1 aliphatic rings. The first-order valence-electron chi connectivity index (χ1n) is 11.4. The third kappa shape index (κ3) is 5.57. The lowest BCUT2D eigenvalue weighted by Gasteiger charge is -2.34. The molecule has 0 aliphatic heterocycles. The Morgan fingerprint density at radius 1 is 1.25 bits per heavy atom. The number of aromatic nitrogens is 1. The van der Waals surface area contributed by atoms with Crippen LogP contribution in [0.1, 0.15) is 68.3 Å². The summed E-state index contributed by atoms with van der Waals surface area (Å²) in [5.41, 5.74) is 1.61. The first-order chi connectivity index (χ1) is 15.2. The standard InChI is InChI=1S/C25H35N3O4/c1-17(2)14-20-15-23(32-27-20)24(31)28(4)21-10-12-25(13-11-22(21)30,16-26-18(3)29)19-8-6-5-7-9-19/h5-9,15,17,21-22,30H,10-14,16H2,1-4H3,(H,26,29)/t21-,22-,25+/m0/s1. The fourth-order valence-corrected chi connectivity index (χ4v) is 4.71. The molecule has 0 saturated heterocycles. The van der Waals surface area contributed by atoms with Gasteiger partial charge in [-0.25, -0.2) is 0 Å². The number of likely N-dealkylation sites (N-methyl/N-ethyl adjacent to an activating group) is 1. The molecular formula is C25H35N3O4. The van der Waals surface area contributed by atoms with E-state index in [9.17, 15) is 14.7 Å². The molecule has 1 saturated carbocycles. The van der Waals surface area contributed by atoms with Crippen molar-refractivity contribution < 1.29 is 19.2 Å². The molecule has 1 aromatic carbocycles. The number of aliphatic hydroxyl groups excluding tert-OH is 1. The molecule has 1 aliphatic carbocycles. The van der Waals surface area contributed by atoms with E-state index in [2.05, 4.69) is 36.5 Å². The second kappa shape index (κ2) is 10.3. The molecule has 2 N–H and O–H groups in total. The van der Waals surface area contributed by atoms with E-state index in [4.69, 9.17) is 4.52 Å². The predicted octanol–water partition coefficient (Wildman–Crippen LogP) is 3.32. The molecule has 1 heterocycles. The maximum Gasteiger partial charge on any atom is 0.292 e. The van der Waals surface area contributed by atoms with Crippen molar-refractivity contribution >= 4 is 11.8 Å². The summed E-state index contributed by atoms with van der Waals surface area (Å²) >= 11 is 0. The quantitative estimate of drug-likeness (QED) is 0.643. The lowest BCUT2D eigenvalue weighted by Crippen LogP contribution is -2.44. The maximum atomic E-state index is 13.1.